The average molecular weight is 300 g/mol. The molecule has 6 nitrogen and oxygen atoms in total. The van der Waals surface area contributed by atoms with E-state index in [9.17, 15) is 8.42 Å². The van der Waals surface area contributed by atoms with Crippen molar-refractivity contribution in [3.8, 4) is 5.75 Å². The Morgan fingerprint density at radius 2 is 1.95 bits per heavy atom. The maximum absolute atomic E-state index is 12.0. The van der Waals surface area contributed by atoms with Crippen LogP contribution in [0.1, 0.15) is 6.92 Å². The summed E-state index contributed by atoms with van der Waals surface area (Å²) in [6.45, 7) is 3.73. The van der Waals surface area contributed by atoms with Gasteiger partial charge >= 0.3 is 0 Å². The number of rotatable bonds is 6. The van der Waals surface area contributed by atoms with Crippen LogP contribution in [-0.4, -0.2) is 51.7 Å². The summed E-state index contributed by atoms with van der Waals surface area (Å²) >= 11 is 0. The molecular weight excluding hydrogens is 280 g/mol. The largest absolute Gasteiger partial charge is 0.489 e. The molecule has 0 bridgehead atoms. The van der Waals surface area contributed by atoms with Gasteiger partial charge in [0.05, 0.1) is 13.2 Å². The number of benzene rings is 1. The second-order valence-corrected chi connectivity index (χ2v) is 6.36. The lowest BCUT2D eigenvalue weighted by Crippen LogP contribution is -2.48. The third-order valence-corrected chi connectivity index (χ3v) is 4.52. The Hall–Kier alpha value is -1.15. The molecule has 112 valence electrons. The lowest BCUT2D eigenvalue weighted by molar-refractivity contribution is 0.0723. The van der Waals surface area contributed by atoms with Crippen LogP contribution in [0.2, 0.25) is 0 Å². The van der Waals surface area contributed by atoms with Crippen LogP contribution in [0, 0.1) is 0 Å². The third kappa shape index (κ3) is 4.45. The van der Waals surface area contributed by atoms with Crippen LogP contribution in [0.4, 0.5) is 0 Å². The fraction of sp³-hybridized carbons (Fsp3) is 0.538. The summed E-state index contributed by atoms with van der Waals surface area (Å²) < 4.78 is 38.8. The van der Waals surface area contributed by atoms with Gasteiger partial charge in [-0.05, 0) is 19.1 Å². The number of ether oxygens (including phenoxy) is 2. The summed E-state index contributed by atoms with van der Waals surface area (Å²) in [5.41, 5.74) is 0. The van der Waals surface area contributed by atoms with Crippen LogP contribution < -0.4 is 9.46 Å². The SMILES string of the molecule is CC(CNS(=O)(=O)N1CCOCC1)Oc1ccccc1. The predicted molar refractivity (Wildman–Crippen MR) is 75.8 cm³/mol. The summed E-state index contributed by atoms with van der Waals surface area (Å²) in [4.78, 5) is 0. The van der Waals surface area contributed by atoms with Crippen molar-refractivity contribution in [2.75, 3.05) is 32.8 Å². The first-order chi connectivity index (χ1) is 9.58. The zero-order valence-electron chi connectivity index (χ0n) is 11.5. The van der Waals surface area contributed by atoms with Gasteiger partial charge in [-0.25, -0.2) is 0 Å². The molecular formula is C13H20N2O4S. The fourth-order valence-corrected chi connectivity index (χ4v) is 3.13. The van der Waals surface area contributed by atoms with Gasteiger partial charge in [0, 0.05) is 19.6 Å². The molecule has 0 amide bonds. The Morgan fingerprint density at radius 3 is 2.60 bits per heavy atom. The Balaban J connectivity index is 1.81. The highest BCUT2D eigenvalue weighted by Gasteiger charge is 2.24. The van der Waals surface area contributed by atoms with E-state index in [1.807, 2.05) is 37.3 Å². The Labute approximate surface area is 119 Å². The normalized spacial score (nSPS) is 18.6. The van der Waals surface area contributed by atoms with Crippen LogP contribution in [0.5, 0.6) is 5.75 Å². The van der Waals surface area contributed by atoms with Crippen molar-refractivity contribution < 1.29 is 17.9 Å². The molecule has 1 aliphatic heterocycles. The molecule has 0 radical (unpaired) electrons. The molecule has 1 aromatic rings. The van der Waals surface area contributed by atoms with Crippen LogP contribution in [0.3, 0.4) is 0 Å². The number of nitrogens with one attached hydrogen (secondary N) is 1. The van der Waals surface area contributed by atoms with E-state index < -0.39 is 10.2 Å². The molecule has 1 unspecified atom stereocenters. The lowest BCUT2D eigenvalue weighted by atomic mass is 10.3. The highest BCUT2D eigenvalue weighted by Crippen LogP contribution is 2.10. The van der Waals surface area contributed by atoms with Crippen molar-refractivity contribution in [1.82, 2.24) is 9.03 Å². The van der Waals surface area contributed by atoms with E-state index in [1.165, 1.54) is 4.31 Å². The molecule has 0 spiro atoms. The maximum Gasteiger partial charge on any atom is 0.279 e. The summed E-state index contributed by atoms with van der Waals surface area (Å²) in [5, 5.41) is 0. The zero-order valence-corrected chi connectivity index (χ0v) is 12.3. The minimum absolute atomic E-state index is 0.231. The van der Waals surface area contributed by atoms with Crippen molar-refractivity contribution in [1.29, 1.82) is 0 Å². The Bertz CT molecular complexity index is 500. The highest BCUT2D eigenvalue weighted by atomic mass is 32.2. The molecule has 1 atom stereocenters. The van der Waals surface area contributed by atoms with Crippen molar-refractivity contribution >= 4 is 10.2 Å². The molecule has 1 fully saturated rings. The first-order valence-corrected chi connectivity index (χ1v) is 8.06. The molecule has 1 aromatic carbocycles. The van der Waals surface area contributed by atoms with E-state index in [4.69, 9.17) is 9.47 Å². The van der Waals surface area contributed by atoms with Gasteiger partial charge in [0.2, 0.25) is 0 Å². The van der Waals surface area contributed by atoms with E-state index in [0.717, 1.165) is 5.75 Å². The summed E-state index contributed by atoms with van der Waals surface area (Å²) in [5.74, 6) is 0.727. The van der Waals surface area contributed by atoms with Crippen LogP contribution >= 0.6 is 0 Å². The van der Waals surface area contributed by atoms with Gasteiger partial charge in [-0.2, -0.15) is 17.4 Å². The average Bonchev–Trinajstić information content (AvgIpc) is 2.47. The first kappa shape index (κ1) is 15.2. The lowest BCUT2D eigenvalue weighted by Gasteiger charge is -2.26. The van der Waals surface area contributed by atoms with Crippen molar-refractivity contribution in [2.24, 2.45) is 0 Å². The fourth-order valence-electron chi connectivity index (χ4n) is 1.87. The van der Waals surface area contributed by atoms with Crippen LogP contribution in [0.25, 0.3) is 0 Å². The van der Waals surface area contributed by atoms with E-state index in [0.29, 0.717) is 26.3 Å². The second kappa shape index (κ2) is 7.03. The number of nitrogens with zero attached hydrogens (tertiary/aromatic N) is 1. The van der Waals surface area contributed by atoms with Gasteiger partial charge in [-0.1, -0.05) is 18.2 Å². The minimum atomic E-state index is -3.45. The highest BCUT2D eigenvalue weighted by molar-refractivity contribution is 7.87. The summed E-state index contributed by atoms with van der Waals surface area (Å²) in [6, 6.07) is 9.33. The summed E-state index contributed by atoms with van der Waals surface area (Å²) in [6.07, 6.45) is -0.242. The molecule has 1 heterocycles. The molecule has 0 aromatic heterocycles. The standard InChI is InChI=1S/C13H20N2O4S/c1-12(19-13-5-3-2-4-6-13)11-14-20(16,17)15-7-9-18-10-8-15/h2-6,12,14H,7-11H2,1H3. The molecule has 7 heteroatoms. The van der Waals surface area contributed by atoms with Gasteiger partial charge in [0.25, 0.3) is 10.2 Å². The molecule has 0 aliphatic carbocycles. The molecule has 0 saturated carbocycles. The zero-order chi connectivity index (χ0) is 14.4. The van der Waals surface area contributed by atoms with E-state index in [1.54, 1.807) is 0 Å². The van der Waals surface area contributed by atoms with E-state index in [-0.39, 0.29) is 12.6 Å². The molecule has 2 rings (SSSR count). The maximum atomic E-state index is 12.0. The molecule has 20 heavy (non-hydrogen) atoms. The molecule has 1 aliphatic rings. The van der Waals surface area contributed by atoms with E-state index in [2.05, 4.69) is 4.72 Å². The molecule has 1 N–H and O–H groups in total. The topological polar surface area (TPSA) is 67.9 Å². The van der Waals surface area contributed by atoms with E-state index >= 15 is 0 Å². The van der Waals surface area contributed by atoms with Crippen LogP contribution in [-0.2, 0) is 14.9 Å². The van der Waals surface area contributed by atoms with Crippen molar-refractivity contribution in [2.45, 2.75) is 13.0 Å². The first-order valence-electron chi connectivity index (χ1n) is 6.62. The number of hydrogen-bond acceptors (Lipinski definition) is 4. The van der Waals surface area contributed by atoms with Gasteiger partial charge in [-0.15, -0.1) is 0 Å². The molecule has 1 saturated heterocycles. The second-order valence-electron chi connectivity index (χ2n) is 4.61. The minimum Gasteiger partial charge on any atom is -0.489 e. The third-order valence-electron chi connectivity index (χ3n) is 2.94. The van der Waals surface area contributed by atoms with Gasteiger partial charge < -0.3 is 9.47 Å². The van der Waals surface area contributed by atoms with Crippen LogP contribution in [0.15, 0.2) is 30.3 Å². The Morgan fingerprint density at radius 1 is 1.30 bits per heavy atom. The smallest absolute Gasteiger partial charge is 0.279 e. The van der Waals surface area contributed by atoms with Gasteiger partial charge in [0.15, 0.2) is 0 Å². The monoisotopic (exact) mass is 300 g/mol. The van der Waals surface area contributed by atoms with Gasteiger partial charge in [-0.3, -0.25) is 0 Å². The Kier molecular flexibility index (Phi) is 5.36. The van der Waals surface area contributed by atoms with Crippen molar-refractivity contribution in [3.63, 3.8) is 0 Å². The quantitative estimate of drug-likeness (QED) is 0.836. The van der Waals surface area contributed by atoms with Crippen molar-refractivity contribution in [3.05, 3.63) is 30.3 Å². The number of hydrogen-bond donors (Lipinski definition) is 1. The number of para-hydroxylation sites is 1. The predicted octanol–water partition coefficient (Wildman–Crippen LogP) is 0.621. The number of morpholine rings is 1. The van der Waals surface area contributed by atoms with Gasteiger partial charge in [0.1, 0.15) is 11.9 Å². The summed E-state index contributed by atoms with van der Waals surface area (Å²) in [7, 11) is -3.45.